The van der Waals surface area contributed by atoms with Crippen LogP contribution in [0, 0.1) is 0 Å². The Balaban J connectivity index is 1.55. The summed E-state index contributed by atoms with van der Waals surface area (Å²) in [5, 5.41) is 3.42. The number of nitrogen functional groups attached to an aromatic ring is 1. The van der Waals surface area contributed by atoms with E-state index in [9.17, 15) is 9.59 Å². The second-order valence-corrected chi connectivity index (χ2v) is 9.01. The average molecular weight is 461 g/mol. The van der Waals surface area contributed by atoms with Crippen molar-refractivity contribution < 1.29 is 9.59 Å². The maximum atomic E-state index is 13.2. The zero-order valence-corrected chi connectivity index (χ0v) is 19.0. The van der Waals surface area contributed by atoms with E-state index < -0.39 is 5.92 Å². The van der Waals surface area contributed by atoms with E-state index in [-0.39, 0.29) is 18.2 Å². The van der Waals surface area contributed by atoms with Gasteiger partial charge in [0.05, 0.1) is 16.0 Å². The molecule has 0 bridgehead atoms. The predicted octanol–water partition coefficient (Wildman–Crippen LogP) is 3.65. The Labute approximate surface area is 192 Å². The van der Waals surface area contributed by atoms with E-state index in [2.05, 4.69) is 5.32 Å². The first kappa shape index (κ1) is 21.9. The Morgan fingerprint density at radius 1 is 1.13 bits per heavy atom. The molecule has 2 amide bonds. The number of amides is 2. The molecule has 2 aromatic rings. The lowest BCUT2D eigenvalue weighted by atomic mass is 9.90. The summed E-state index contributed by atoms with van der Waals surface area (Å²) in [4.78, 5) is 32.4. The molecule has 6 nitrogen and oxygen atoms in total. The van der Waals surface area contributed by atoms with Crippen molar-refractivity contribution in [2.24, 2.45) is 0 Å². The third-order valence-electron chi connectivity index (χ3n) is 6.32. The molecule has 1 aliphatic heterocycles. The first-order chi connectivity index (χ1) is 14.9. The van der Waals surface area contributed by atoms with Gasteiger partial charge in [-0.1, -0.05) is 29.3 Å². The van der Waals surface area contributed by atoms with Crippen molar-refractivity contribution in [1.82, 2.24) is 15.2 Å². The van der Waals surface area contributed by atoms with E-state index in [4.69, 9.17) is 33.9 Å². The van der Waals surface area contributed by atoms with Gasteiger partial charge in [-0.05, 0) is 48.9 Å². The molecule has 1 aromatic heterocycles. The highest BCUT2D eigenvalue weighted by atomic mass is 35.5. The zero-order valence-electron chi connectivity index (χ0n) is 17.5. The average Bonchev–Trinajstić information content (AvgIpc) is 2.78. The van der Waals surface area contributed by atoms with Crippen LogP contribution < -0.4 is 11.1 Å². The van der Waals surface area contributed by atoms with Gasteiger partial charge in [0, 0.05) is 55.6 Å². The van der Waals surface area contributed by atoms with Gasteiger partial charge >= 0.3 is 0 Å². The van der Waals surface area contributed by atoms with Gasteiger partial charge in [0.1, 0.15) is 0 Å². The number of rotatable bonds is 4. The zero-order chi connectivity index (χ0) is 22.1. The minimum atomic E-state index is -0.646. The molecule has 0 spiro atoms. The van der Waals surface area contributed by atoms with Gasteiger partial charge in [-0.25, -0.2) is 0 Å². The van der Waals surface area contributed by atoms with Gasteiger partial charge in [0.25, 0.3) is 0 Å². The van der Waals surface area contributed by atoms with Gasteiger partial charge in [0.15, 0.2) is 0 Å². The van der Waals surface area contributed by atoms with Crippen LogP contribution >= 0.6 is 23.2 Å². The third-order valence-corrected chi connectivity index (χ3v) is 7.05. The maximum Gasteiger partial charge on any atom is 0.227 e. The third kappa shape index (κ3) is 4.37. The van der Waals surface area contributed by atoms with E-state index >= 15 is 0 Å². The highest BCUT2D eigenvalue weighted by Gasteiger charge is 2.30. The number of hydrogen-bond acceptors (Lipinski definition) is 4. The molecule has 0 radical (unpaired) electrons. The Morgan fingerprint density at radius 2 is 1.87 bits per heavy atom. The molecule has 0 saturated carbocycles. The van der Waals surface area contributed by atoms with Crippen LogP contribution in [-0.4, -0.2) is 35.3 Å². The summed E-state index contributed by atoms with van der Waals surface area (Å²) in [6.07, 6.45) is 4.93. The summed E-state index contributed by atoms with van der Waals surface area (Å²) < 4.78 is 0. The first-order valence-corrected chi connectivity index (χ1v) is 11.4. The summed E-state index contributed by atoms with van der Waals surface area (Å²) in [5.41, 5.74) is 12.2. The second-order valence-electron chi connectivity index (χ2n) is 8.19. The molecule has 4 rings (SSSR count). The number of carbonyl (C=O) groups excluding carboxylic acids is 2. The van der Waals surface area contributed by atoms with Crippen LogP contribution in [0.1, 0.15) is 53.3 Å². The SMILES string of the molecule is CNC(=O)C(CC(=O)N1CCc2nc3c(c(N)c2C1)CCCC3)c1ccc(Cl)c(Cl)c1. The highest BCUT2D eigenvalue weighted by Crippen LogP contribution is 2.34. The molecule has 2 heterocycles. The Bertz CT molecular complexity index is 1040. The molecular formula is C23H26Cl2N4O2. The van der Waals surface area contributed by atoms with Gasteiger partial charge in [-0.2, -0.15) is 0 Å². The number of fused-ring (bicyclic) bond motifs is 2. The van der Waals surface area contributed by atoms with Crippen LogP contribution in [0.3, 0.4) is 0 Å². The number of halogens is 2. The fraction of sp³-hybridized carbons (Fsp3) is 0.435. The standard InChI is InChI=1S/C23H26Cl2N4O2/c1-27-23(31)15(13-6-7-17(24)18(25)10-13)11-21(30)29-9-8-20-16(12-29)22(26)14-4-2-3-5-19(14)28-20/h6-7,10,15H,2-5,8-9,11-12H2,1H3,(H2,26,28)(H,27,31). The predicted molar refractivity (Wildman–Crippen MR) is 122 cm³/mol. The van der Waals surface area contributed by atoms with Crippen molar-refractivity contribution in [3.8, 4) is 0 Å². The molecule has 8 heteroatoms. The van der Waals surface area contributed by atoms with Crippen molar-refractivity contribution in [2.45, 2.75) is 51.0 Å². The minimum Gasteiger partial charge on any atom is -0.398 e. The van der Waals surface area contributed by atoms with Crippen LogP contribution in [0.2, 0.25) is 10.0 Å². The van der Waals surface area contributed by atoms with Crippen molar-refractivity contribution in [2.75, 3.05) is 19.3 Å². The molecule has 1 aromatic carbocycles. The molecule has 1 atom stereocenters. The number of pyridine rings is 1. The maximum absolute atomic E-state index is 13.2. The van der Waals surface area contributed by atoms with Gasteiger partial charge in [-0.15, -0.1) is 0 Å². The van der Waals surface area contributed by atoms with Crippen LogP contribution in [0.15, 0.2) is 18.2 Å². The fourth-order valence-electron chi connectivity index (χ4n) is 4.55. The number of nitrogens with zero attached hydrogens (tertiary/aromatic N) is 2. The second kappa shape index (κ2) is 9.05. The number of carbonyl (C=O) groups is 2. The highest BCUT2D eigenvalue weighted by molar-refractivity contribution is 6.42. The normalized spacial score (nSPS) is 16.3. The Kier molecular flexibility index (Phi) is 6.39. The quantitative estimate of drug-likeness (QED) is 0.728. The summed E-state index contributed by atoms with van der Waals surface area (Å²) >= 11 is 12.2. The van der Waals surface area contributed by atoms with E-state index in [0.717, 1.165) is 53.9 Å². The lowest BCUT2D eigenvalue weighted by Gasteiger charge is -2.32. The number of benzene rings is 1. The Morgan fingerprint density at radius 3 is 2.61 bits per heavy atom. The number of anilines is 1. The van der Waals surface area contributed by atoms with Crippen molar-refractivity contribution in [3.05, 3.63) is 56.3 Å². The summed E-state index contributed by atoms with van der Waals surface area (Å²) in [6.45, 7) is 1.00. The number of hydrogen-bond donors (Lipinski definition) is 2. The van der Waals surface area contributed by atoms with Crippen molar-refractivity contribution >= 4 is 40.7 Å². The number of aromatic nitrogens is 1. The van der Waals surface area contributed by atoms with E-state index in [1.807, 2.05) is 0 Å². The van der Waals surface area contributed by atoms with Gasteiger partial charge < -0.3 is 16.0 Å². The van der Waals surface area contributed by atoms with Gasteiger partial charge in [-0.3, -0.25) is 14.6 Å². The molecule has 2 aliphatic rings. The number of likely N-dealkylation sites (N-methyl/N-ethyl adjacent to an activating group) is 1. The van der Waals surface area contributed by atoms with Crippen LogP contribution in [0.25, 0.3) is 0 Å². The molecule has 31 heavy (non-hydrogen) atoms. The molecule has 164 valence electrons. The largest absolute Gasteiger partial charge is 0.398 e. The molecule has 0 fully saturated rings. The Hall–Kier alpha value is -2.31. The minimum absolute atomic E-state index is 0.0469. The van der Waals surface area contributed by atoms with Crippen molar-refractivity contribution in [3.63, 3.8) is 0 Å². The lowest BCUT2D eigenvalue weighted by Crippen LogP contribution is -2.39. The van der Waals surface area contributed by atoms with Crippen LogP contribution in [-0.2, 0) is 35.4 Å². The van der Waals surface area contributed by atoms with Gasteiger partial charge in [0.2, 0.25) is 11.8 Å². The number of nitrogens with one attached hydrogen (secondary N) is 1. The number of aryl methyl sites for hydroxylation is 1. The van der Waals surface area contributed by atoms with E-state index in [1.165, 1.54) is 0 Å². The van der Waals surface area contributed by atoms with E-state index in [0.29, 0.717) is 35.1 Å². The topological polar surface area (TPSA) is 88.3 Å². The molecular weight excluding hydrogens is 435 g/mol. The molecule has 1 unspecified atom stereocenters. The van der Waals surface area contributed by atoms with Crippen LogP contribution in [0.4, 0.5) is 5.69 Å². The fourth-order valence-corrected chi connectivity index (χ4v) is 4.85. The van der Waals surface area contributed by atoms with Crippen LogP contribution in [0.5, 0.6) is 0 Å². The monoisotopic (exact) mass is 460 g/mol. The first-order valence-electron chi connectivity index (χ1n) is 10.6. The molecule has 0 saturated heterocycles. The molecule has 1 aliphatic carbocycles. The van der Waals surface area contributed by atoms with E-state index in [1.54, 1.807) is 30.1 Å². The summed E-state index contributed by atoms with van der Waals surface area (Å²) in [6, 6.07) is 5.03. The number of nitrogens with two attached hydrogens (primary N) is 1. The lowest BCUT2D eigenvalue weighted by molar-refractivity contribution is -0.135. The van der Waals surface area contributed by atoms with Crippen molar-refractivity contribution in [1.29, 1.82) is 0 Å². The smallest absolute Gasteiger partial charge is 0.227 e. The summed E-state index contributed by atoms with van der Waals surface area (Å²) in [7, 11) is 1.56. The molecule has 3 N–H and O–H groups in total. The summed E-state index contributed by atoms with van der Waals surface area (Å²) in [5.74, 6) is -0.977.